The molecule has 0 aliphatic carbocycles. The van der Waals surface area contributed by atoms with Crippen LogP contribution in [0.3, 0.4) is 0 Å². The Kier molecular flexibility index (Phi) is 4.93. The minimum Gasteiger partial charge on any atom is -0.508 e. The van der Waals surface area contributed by atoms with Gasteiger partial charge in [-0.2, -0.15) is 0 Å². The first-order valence-corrected chi connectivity index (χ1v) is 6.88. The summed E-state index contributed by atoms with van der Waals surface area (Å²) >= 11 is 4.72. The van der Waals surface area contributed by atoms with Crippen molar-refractivity contribution in [1.29, 1.82) is 0 Å². The van der Waals surface area contributed by atoms with Crippen LogP contribution in [-0.2, 0) is 0 Å². The molecule has 0 aliphatic rings. The third-order valence-electron chi connectivity index (χ3n) is 2.99. The van der Waals surface area contributed by atoms with Crippen molar-refractivity contribution in [3.05, 3.63) is 53.6 Å². The molecule has 4 nitrogen and oxygen atoms in total. The summed E-state index contributed by atoms with van der Waals surface area (Å²) in [4.78, 5) is 4.17. The third kappa shape index (κ3) is 3.60. The molecule has 0 heterocycles. The lowest BCUT2D eigenvalue weighted by atomic mass is 9.99. The topological polar surface area (TPSA) is 62.0 Å². The summed E-state index contributed by atoms with van der Waals surface area (Å²) < 4.78 is 5.38. The molecule has 0 saturated carbocycles. The normalized spacial score (nSPS) is 11.5. The van der Waals surface area contributed by atoms with Gasteiger partial charge in [0.25, 0.3) is 0 Å². The molecular weight excluding hydrogens is 286 g/mol. The van der Waals surface area contributed by atoms with Crippen LogP contribution in [-0.4, -0.2) is 22.0 Å². The van der Waals surface area contributed by atoms with Crippen LogP contribution in [0, 0.1) is 0 Å². The maximum absolute atomic E-state index is 9.76. The highest BCUT2D eigenvalue weighted by atomic mass is 32.1. The minimum absolute atomic E-state index is 0.0800. The Morgan fingerprint density at radius 3 is 2.43 bits per heavy atom. The highest BCUT2D eigenvalue weighted by Gasteiger charge is 2.15. The maximum atomic E-state index is 9.76. The Hall–Kier alpha value is -2.36. The van der Waals surface area contributed by atoms with Crippen molar-refractivity contribution in [1.82, 2.24) is 0 Å². The Labute approximate surface area is 128 Å². The highest BCUT2D eigenvalue weighted by molar-refractivity contribution is 7.78. The van der Waals surface area contributed by atoms with E-state index >= 15 is 0 Å². The number of phenols is 2. The van der Waals surface area contributed by atoms with E-state index in [2.05, 4.69) is 10.2 Å². The van der Waals surface area contributed by atoms with Crippen LogP contribution in [0.4, 0.5) is 0 Å². The number of thiocarbonyl (C=S) groups is 1. The summed E-state index contributed by atoms with van der Waals surface area (Å²) in [5.74, 6) is 0.666. The number of hydrogen-bond donors (Lipinski definition) is 2. The fourth-order valence-electron chi connectivity index (χ4n) is 2.02. The van der Waals surface area contributed by atoms with Crippen molar-refractivity contribution >= 4 is 17.4 Å². The van der Waals surface area contributed by atoms with Crippen molar-refractivity contribution in [2.75, 3.05) is 6.61 Å². The molecule has 1 atom stereocenters. The summed E-state index contributed by atoms with van der Waals surface area (Å²) in [6, 6.07) is 11.4. The van der Waals surface area contributed by atoms with Gasteiger partial charge in [-0.15, -0.1) is 0 Å². The quantitative estimate of drug-likeness (QED) is 0.653. The van der Waals surface area contributed by atoms with Crippen molar-refractivity contribution < 1.29 is 14.9 Å². The number of nitrogens with zero attached hydrogens (tertiary/aromatic N) is 1. The molecule has 1 unspecified atom stereocenters. The predicted molar refractivity (Wildman–Crippen MR) is 84.3 cm³/mol. The second kappa shape index (κ2) is 6.88. The van der Waals surface area contributed by atoms with E-state index in [9.17, 15) is 10.2 Å². The van der Waals surface area contributed by atoms with Crippen LogP contribution in [0.2, 0.25) is 0 Å². The fourth-order valence-corrected chi connectivity index (χ4v) is 2.13. The molecule has 2 N–H and O–H groups in total. The van der Waals surface area contributed by atoms with E-state index in [1.807, 2.05) is 6.92 Å². The molecule has 0 aromatic heterocycles. The molecule has 0 spiro atoms. The van der Waals surface area contributed by atoms with Gasteiger partial charge < -0.3 is 14.9 Å². The number of phenolic OH excluding ortho intramolecular Hbond substituents is 2. The summed E-state index contributed by atoms with van der Waals surface area (Å²) in [5.41, 5.74) is 1.68. The molecule has 2 rings (SSSR count). The first-order chi connectivity index (χ1) is 10.2. The first-order valence-electron chi connectivity index (χ1n) is 6.47. The largest absolute Gasteiger partial charge is 0.508 e. The number of ether oxygens (including phenoxy) is 1. The van der Waals surface area contributed by atoms with Gasteiger partial charge in [0.1, 0.15) is 11.8 Å². The Balaban J connectivity index is 2.45. The lowest BCUT2D eigenvalue weighted by Crippen LogP contribution is -1.99. The van der Waals surface area contributed by atoms with Gasteiger partial charge in [0, 0.05) is 0 Å². The number of rotatable bonds is 5. The molecule has 2 aromatic rings. The molecule has 0 saturated heterocycles. The van der Waals surface area contributed by atoms with Crippen LogP contribution in [0.15, 0.2) is 47.5 Å². The van der Waals surface area contributed by atoms with Gasteiger partial charge in [0.05, 0.1) is 11.8 Å². The molecule has 0 fully saturated rings. The van der Waals surface area contributed by atoms with Crippen molar-refractivity contribution in [3.63, 3.8) is 0 Å². The van der Waals surface area contributed by atoms with E-state index in [-0.39, 0.29) is 17.5 Å². The number of benzene rings is 2. The lowest BCUT2D eigenvalue weighted by molar-refractivity contribution is 0.317. The second-order valence-corrected chi connectivity index (χ2v) is 4.56. The van der Waals surface area contributed by atoms with Gasteiger partial charge in [0.2, 0.25) is 0 Å². The molecule has 2 aromatic carbocycles. The molecule has 0 radical (unpaired) electrons. The zero-order valence-corrected chi connectivity index (χ0v) is 12.3. The Morgan fingerprint density at radius 1 is 1.14 bits per heavy atom. The van der Waals surface area contributed by atoms with E-state index in [0.29, 0.717) is 12.4 Å². The molecule has 108 valence electrons. The summed E-state index contributed by atoms with van der Waals surface area (Å²) in [6.07, 6.45) is 0. The standard InChI is InChI=1S/C16H15NO3S/c1-2-20-15-9-12(5-8-14(15)19)16(17-10-21)11-3-6-13(18)7-4-11/h3-9,16,18-19H,2H2,1H3. The van der Waals surface area contributed by atoms with E-state index in [1.165, 1.54) is 0 Å². The average Bonchev–Trinajstić information content (AvgIpc) is 2.49. The van der Waals surface area contributed by atoms with Gasteiger partial charge in [-0.05, 0) is 54.5 Å². The Morgan fingerprint density at radius 2 is 1.81 bits per heavy atom. The van der Waals surface area contributed by atoms with Gasteiger partial charge in [-0.1, -0.05) is 18.2 Å². The van der Waals surface area contributed by atoms with Gasteiger partial charge >= 0.3 is 0 Å². The zero-order chi connectivity index (χ0) is 15.2. The zero-order valence-electron chi connectivity index (χ0n) is 11.5. The highest BCUT2D eigenvalue weighted by Crippen LogP contribution is 2.33. The van der Waals surface area contributed by atoms with Gasteiger partial charge in [-0.25, -0.2) is 4.99 Å². The second-order valence-electron chi connectivity index (χ2n) is 4.37. The number of aromatic hydroxyl groups is 2. The van der Waals surface area contributed by atoms with Crippen molar-refractivity contribution in [2.45, 2.75) is 13.0 Å². The molecule has 0 bridgehead atoms. The van der Waals surface area contributed by atoms with Crippen LogP contribution in [0.1, 0.15) is 24.1 Å². The molecule has 0 aliphatic heterocycles. The smallest absolute Gasteiger partial charge is 0.161 e. The van der Waals surface area contributed by atoms with Crippen LogP contribution in [0.25, 0.3) is 0 Å². The third-order valence-corrected chi connectivity index (χ3v) is 3.10. The number of hydrogen-bond acceptors (Lipinski definition) is 5. The monoisotopic (exact) mass is 301 g/mol. The summed E-state index contributed by atoms with van der Waals surface area (Å²) in [7, 11) is 0. The van der Waals surface area contributed by atoms with Gasteiger partial charge in [-0.3, -0.25) is 0 Å². The summed E-state index contributed by atoms with van der Waals surface area (Å²) in [6.45, 7) is 2.30. The molecule has 0 amide bonds. The van der Waals surface area contributed by atoms with E-state index < -0.39 is 0 Å². The first kappa shape index (κ1) is 15.0. The van der Waals surface area contributed by atoms with Crippen molar-refractivity contribution in [3.8, 4) is 17.2 Å². The maximum Gasteiger partial charge on any atom is 0.161 e. The Bertz CT molecular complexity index is 664. The van der Waals surface area contributed by atoms with Crippen LogP contribution in [0.5, 0.6) is 17.2 Å². The number of isothiocyanates is 1. The molecular formula is C16H15NO3S. The minimum atomic E-state index is -0.358. The lowest BCUT2D eigenvalue weighted by Gasteiger charge is -2.14. The SMILES string of the molecule is CCOc1cc(C(N=C=S)c2ccc(O)cc2)ccc1O. The summed E-state index contributed by atoms with van der Waals surface area (Å²) in [5, 5.41) is 21.5. The predicted octanol–water partition coefficient (Wildman–Crippen LogP) is 3.69. The van der Waals surface area contributed by atoms with E-state index in [4.69, 9.17) is 17.0 Å². The fraction of sp³-hybridized carbons (Fsp3) is 0.188. The number of aliphatic imine (C=N–C) groups is 1. The molecule has 5 heteroatoms. The van der Waals surface area contributed by atoms with Crippen LogP contribution < -0.4 is 4.74 Å². The average molecular weight is 301 g/mol. The van der Waals surface area contributed by atoms with Crippen LogP contribution >= 0.6 is 12.2 Å². The van der Waals surface area contributed by atoms with Gasteiger partial charge in [0.15, 0.2) is 11.5 Å². The van der Waals surface area contributed by atoms with E-state index in [1.54, 1.807) is 42.5 Å². The molecule has 21 heavy (non-hydrogen) atoms. The van der Waals surface area contributed by atoms with E-state index in [0.717, 1.165) is 11.1 Å². The van der Waals surface area contributed by atoms with Crippen molar-refractivity contribution in [2.24, 2.45) is 4.99 Å².